The van der Waals surface area contributed by atoms with Gasteiger partial charge in [0, 0.05) is 17.8 Å². The highest BCUT2D eigenvalue weighted by molar-refractivity contribution is 7.80. The van der Waals surface area contributed by atoms with Crippen molar-refractivity contribution in [2.24, 2.45) is 51.4 Å². The normalized spacial score (nSPS) is 35.6. The fourth-order valence-corrected chi connectivity index (χ4v) is 9.70. The molecule has 4 aliphatic rings. The maximum absolute atomic E-state index is 5.52. The largest absolute Gasteiger partial charge is 0.331 e. The van der Waals surface area contributed by atoms with E-state index in [0.29, 0.717) is 15.9 Å². The summed E-state index contributed by atoms with van der Waals surface area (Å²) in [5.41, 5.74) is 9.20. The molecule has 1 aromatic carbocycles. The second-order valence-electron chi connectivity index (χ2n) is 14.6. The molecule has 0 aromatic heterocycles. The maximum Gasteiger partial charge on any atom is 0.191 e. The lowest BCUT2D eigenvalue weighted by molar-refractivity contribution is -0.0468. The van der Waals surface area contributed by atoms with Gasteiger partial charge in [-0.25, -0.2) is 0 Å². The van der Waals surface area contributed by atoms with Crippen LogP contribution in [0.4, 0.5) is 5.69 Å². The van der Waals surface area contributed by atoms with Crippen molar-refractivity contribution in [3.63, 3.8) is 0 Å². The molecule has 1 aromatic rings. The van der Waals surface area contributed by atoms with E-state index in [1.807, 2.05) is 0 Å². The van der Waals surface area contributed by atoms with Crippen molar-refractivity contribution in [3.05, 3.63) is 41.5 Å². The number of rotatable bonds is 7. The molecule has 2 N–H and O–H groups in total. The van der Waals surface area contributed by atoms with E-state index in [1.165, 1.54) is 69.1 Å². The van der Waals surface area contributed by atoms with Gasteiger partial charge in [-0.15, -0.1) is 0 Å². The highest BCUT2D eigenvalue weighted by Crippen LogP contribution is 2.67. The lowest BCUT2D eigenvalue weighted by Crippen LogP contribution is -2.50. The summed E-state index contributed by atoms with van der Waals surface area (Å²) in [6.45, 7) is 14.7. The van der Waals surface area contributed by atoms with E-state index in [0.717, 1.165) is 54.0 Å². The van der Waals surface area contributed by atoms with Crippen LogP contribution >= 0.6 is 12.2 Å². The van der Waals surface area contributed by atoms with Crippen molar-refractivity contribution in [1.29, 1.82) is 0 Å². The predicted molar refractivity (Wildman–Crippen MR) is 171 cm³/mol. The fourth-order valence-electron chi connectivity index (χ4n) is 9.53. The van der Waals surface area contributed by atoms with E-state index in [9.17, 15) is 0 Å². The first-order valence-corrected chi connectivity index (χ1v) is 16.4. The highest BCUT2D eigenvalue weighted by Gasteiger charge is 2.58. The number of benzene rings is 1. The van der Waals surface area contributed by atoms with Crippen LogP contribution in [-0.4, -0.2) is 10.8 Å². The zero-order valence-corrected chi connectivity index (χ0v) is 26.3. The van der Waals surface area contributed by atoms with E-state index in [2.05, 4.69) is 82.6 Å². The molecule has 39 heavy (non-hydrogen) atoms. The molecule has 0 unspecified atom stereocenters. The number of anilines is 1. The second kappa shape index (κ2) is 11.7. The van der Waals surface area contributed by atoms with Crippen LogP contribution in [-0.2, 0) is 0 Å². The second-order valence-corrected chi connectivity index (χ2v) is 15.0. The van der Waals surface area contributed by atoms with Gasteiger partial charge in [-0.05, 0) is 123 Å². The molecule has 0 bridgehead atoms. The number of fused-ring (bicyclic) bond motifs is 5. The van der Waals surface area contributed by atoms with E-state index in [-0.39, 0.29) is 0 Å². The average Bonchev–Trinajstić information content (AvgIpc) is 3.26. The minimum Gasteiger partial charge on any atom is -0.331 e. The van der Waals surface area contributed by atoms with Gasteiger partial charge >= 0.3 is 0 Å². The average molecular weight is 548 g/mol. The Kier molecular flexibility index (Phi) is 8.63. The monoisotopic (exact) mass is 547 g/mol. The van der Waals surface area contributed by atoms with Crippen molar-refractivity contribution in [1.82, 2.24) is 5.43 Å². The Labute approximate surface area is 244 Å². The Morgan fingerprint density at radius 3 is 2.54 bits per heavy atom. The Morgan fingerprint density at radius 1 is 1.03 bits per heavy atom. The Bertz CT molecular complexity index is 1090. The van der Waals surface area contributed by atoms with E-state index in [1.54, 1.807) is 5.57 Å². The smallest absolute Gasteiger partial charge is 0.191 e. The zero-order valence-electron chi connectivity index (χ0n) is 25.5. The molecule has 4 heteroatoms. The Hall–Kier alpha value is -1.68. The molecular formula is C35H53N3S. The van der Waals surface area contributed by atoms with Crippen molar-refractivity contribution in [3.8, 4) is 0 Å². The summed E-state index contributed by atoms with van der Waals surface area (Å²) in [6, 6.07) is 8.30. The standard InChI is InChI=1S/C35H53N3S/c1-23(2)8-7-9-25(4)30-16-17-31-29-15-12-26-22-28(18-20-34(26,5)32(29)19-21-35(30,31)6)37-38-33(39)36-27-13-10-24(3)11-14-27/h10-14,23,25,29-32H,7-9,15-22H2,1-6H3,(H2,36,38,39)/b37-28+/t25-,29+,30-,31+,32+,34+,35-/m1/s1. The number of nitrogens with one attached hydrogen (secondary N) is 2. The number of nitrogens with zero attached hydrogens (tertiary/aromatic N) is 1. The number of aryl methyl sites for hydroxylation is 1. The molecule has 0 spiro atoms. The minimum absolute atomic E-state index is 0.352. The van der Waals surface area contributed by atoms with Gasteiger partial charge in [-0.1, -0.05) is 83.2 Å². The van der Waals surface area contributed by atoms with Gasteiger partial charge in [0.15, 0.2) is 5.11 Å². The molecule has 4 aliphatic carbocycles. The molecule has 0 radical (unpaired) electrons. The highest BCUT2D eigenvalue weighted by atomic mass is 32.1. The molecule has 7 atom stereocenters. The maximum atomic E-state index is 5.52. The van der Waals surface area contributed by atoms with Crippen molar-refractivity contribution in [2.75, 3.05) is 5.32 Å². The molecule has 0 aliphatic heterocycles. The summed E-state index contributed by atoms with van der Waals surface area (Å²) >= 11 is 5.52. The Balaban J connectivity index is 1.21. The molecule has 3 fully saturated rings. The van der Waals surface area contributed by atoms with Crippen LogP contribution < -0.4 is 10.7 Å². The lowest BCUT2D eigenvalue weighted by atomic mass is 9.47. The number of allylic oxidation sites excluding steroid dienone is 2. The topological polar surface area (TPSA) is 36.4 Å². The van der Waals surface area contributed by atoms with Crippen LogP contribution in [0.5, 0.6) is 0 Å². The van der Waals surface area contributed by atoms with Gasteiger partial charge in [0.05, 0.1) is 0 Å². The summed E-state index contributed by atoms with van der Waals surface area (Å²) in [5, 5.41) is 8.60. The number of thiocarbonyl (C=S) groups is 1. The van der Waals surface area contributed by atoms with Gasteiger partial charge in [0.25, 0.3) is 0 Å². The van der Waals surface area contributed by atoms with Crippen LogP contribution in [0.3, 0.4) is 0 Å². The van der Waals surface area contributed by atoms with E-state index in [4.69, 9.17) is 17.3 Å². The Morgan fingerprint density at radius 2 is 1.79 bits per heavy atom. The summed E-state index contributed by atoms with van der Waals surface area (Å²) in [5.74, 6) is 5.31. The third kappa shape index (κ3) is 5.88. The molecule has 0 heterocycles. The molecule has 214 valence electrons. The van der Waals surface area contributed by atoms with E-state index < -0.39 is 0 Å². The summed E-state index contributed by atoms with van der Waals surface area (Å²) in [7, 11) is 0. The molecule has 3 saturated carbocycles. The van der Waals surface area contributed by atoms with Gasteiger partial charge in [-0.3, -0.25) is 5.43 Å². The third-order valence-electron chi connectivity index (χ3n) is 11.8. The molecule has 0 saturated heterocycles. The predicted octanol–water partition coefficient (Wildman–Crippen LogP) is 9.68. The van der Waals surface area contributed by atoms with Crippen LogP contribution in [0.1, 0.15) is 111 Å². The van der Waals surface area contributed by atoms with Crippen LogP contribution in [0.25, 0.3) is 0 Å². The minimum atomic E-state index is 0.352. The lowest BCUT2D eigenvalue weighted by Gasteiger charge is -2.58. The number of hydrazone groups is 1. The molecule has 3 nitrogen and oxygen atoms in total. The summed E-state index contributed by atoms with van der Waals surface area (Å²) in [4.78, 5) is 0. The van der Waals surface area contributed by atoms with Crippen LogP contribution in [0.2, 0.25) is 0 Å². The SMILES string of the molecule is Cc1ccc(NC(=S)N/N=C2\CC[C@@]3(C)C(=CC[C@H]4[C@@H]5CC[C@H]([C@H](C)CCCC(C)C)[C@@]5(C)CC[C@@H]43)C2)cc1. The van der Waals surface area contributed by atoms with Crippen molar-refractivity contribution >= 4 is 28.7 Å². The van der Waals surface area contributed by atoms with Crippen molar-refractivity contribution < 1.29 is 0 Å². The number of hydrogen-bond acceptors (Lipinski definition) is 2. The zero-order chi connectivity index (χ0) is 27.8. The summed E-state index contributed by atoms with van der Waals surface area (Å²) < 4.78 is 0. The number of hydrogen-bond donors (Lipinski definition) is 2. The third-order valence-corrected chi connectivity index (χ3v) is 12.0. The first kappa shape index (κ1) is 28.8. The fraction of sp³-hybridized carbons (Fsp3) is 0.714. The van der Waals surface area contributed by atoms with Crippen LogP contribution in [0, 0.1) is 53.3 Å². The molecular weight excluding hydrogens is 494 g/mol. The van der Waals surface area contributed by atoms with Crippen LogP contribution in [0.15, 0.2) is 41.0 Å². The van der Waals surface area contributed by atoms with Crippen molar-refractivity contribution in [2.45, 2.75) is 112 Å². The van der Waals surface area contributed by atoms with E-state index >= 15 is 0 Å². The first-order valence-electron chi connectivity index (χ1n) is 16.0. The first-order chi connectivity index (χ1) is 18.6. The molecule has 0 amide bonds. The van der Waals surface area contributed by atoms with Gasteiger partial charge in [0.1, 0.15) is 0 Å². The van der Waals surface area contributed by atoms with Gasteiger partial charge < -0.3 is 5.32 Å². The van der Waals surface area contributed by atoms with Gasteiger partial charge in [0.2, 0.25) is 0 Å². The van der Waals surface area contributed by atoms with Gasteiger partial charge in [-0.2, -0.15) is 5.10 Å². The molecule has 5 rings (SSSR count). The quantitative estimate of drug-likeness (QED) is 0.203. The summed E-state index contributed by atoms with van der Waals surface area (Å²) in [6.07, 6.45) is 17.3.